The Morgan fingerprint density at radius 1 is 1.91 bits per heavy atom. The zero-order valence-corrected chi connectivity index (χ0v) is 6.46. The first-order valence-corrected chi connectivity index (χ1v) is 3.58. The first kappa shape index (κ1) is 7.87. The van der Waals surface area contributed by atoms with Crippen LogP contribution in [0.2, 0.25) is 0 Å². The molecule has 0 aromatic heterocycles. The quantitative estimate of drug-likeness (QED) is 0.526. The molecule has 0 aromatic rings. The van der Waals surface area contributed by atoms with Crippen molar-refractivity contribution in [2.75, 3.05) is 0 Å². The highest BCUT2D eigenvalue weighted by molar-refractivity contribution is 5.80. The second kappa shape index (κ2) is 3.25. The van der Waals surface area contributed by atoms with Crippen LogP contribution < -0.4 is 0 Å². The number of hydrogen-bond acceptors (Lipinski definition) is 2. The zero-order chi connectivity index (χ0) is 8.27. The SMILES string of the molecule is C#CC1=CCC[C@@H](C(C)=O)O1. The van der Waals surface area contributed by atoms with E-state index in [9.17, 15) is 4.79 Å². The summed E-state index contributed by atoms with van der Waals surface area (Å²) in [5.74, 6) is 2.92. The van der Waals surface area contributed by atoms with Crippen molar-refractivity contribution >= 4 is 5.78 Å². The molecule has 0 spiro atoms. The van der Waals surface area contributed by atoms with E-state index < -0.39 is 0 Å². The Morgan fingerprint density at radius 3 is 3.18 bits per heavy atom. The summed E-state index contributed by atoms with van der Waals surface area (Å²) in [6, 6.07) is 0. The number of carbonyl (C=O) groups is 1. The molecular weight excluding hydrogens is 140 g/mol. The van der Waals surface area contributed by atoms with Crippen molar-refractivity contribution in [3.8, 4) is 12.3 Å². The van der Waals surface area contributed by atoms with Gasteiger partial charge in [-0.05, 0) is 31.8 Å². The van der Waals surface area contributed by atoms with Crippen LogP contribution in [0.3, 0.4) is 0 Å². The third kappa shape index (κ3) is 1.84. The van der Waals surface area contributed by atoms with E-state index in [1.807, 2.05) is 6.08 Å². The van der Waals surface area contributed by atoms with Crippen LogP contribution in [-0.2, 0) is 9.53 Å². The van der Waals surface area contributed by atoms with Crippen LogP contribution >= 0.6 is 0 Å². The Morgan fingerprint density at radius 2 is 2.64 bits per heavy atom. The molecule has 1 aliphatic rings. The molecule has 0 fully saturated rings. The van der Waals surface area contributed by atoms with Crippen molar-refractivity contribution in [1.82, 2.24) is 0 Å². The molecule has 1 atom stereocenters. The molecule has 0 N–H and O–H groups in total. The van der Waals surface area contributed by atoms with E-state index in [1.165, 1.54) is 6.92 Å². The standard InChI is InChI=1S/C9H10O2/c1-3-8-5-4-6-9(11-8)7(2)10/h1,5,9H,4,6H2,2H3/t9-/m0/s1. The molecule has 1 rings (SSSR count). The third-order valence-electron chi connectivity index (χ3n) is 1.62. The molecule has 0 radical (unpaired) electrons. The highest BCUT2D eigenvalue weighted by atomic mass is 16.5. The van der Waals surface area contributed by atoms with Gasteiger partial charge in [0.25, 0.3) is 0 Å². The van der Waals surface area contributed by atoms with E-state index in [4.69, 9.17) is 11.2 Å². The highest BCUT2D eigenvalue weighted by Crippen LogP contribution is 2.16. The maximum Gasteiger partial charge on any atom is 0.170 e. The van der Waals surface area contributed by atoms with Gasteiger partial charge in [0.05, 0.1) is 0 Å². The lowest BCUT2D eigenvalue weighted by Crippen LogP contribution is -2.23. The Labute approximate surface area is 66.2 Å². The minimum Gasteiger partial charge on any atom is -0.475 e. The van der Waals surface area contributed by atoms with Gasteiger partial charge in [-0.1, -0.05) is 0 Å². The van der Waals surface area contributed by atoms with Crippen molar-refractivity contribution in [1.29, 1.82) is 0 Å². The Bertz CT molecular complexity index is 232. The summed E-state index contributed by atoms with van der Waals surface area (Å²) < 4.78 is 5.17. The molecule has 0 aliphatic carbocycles. The van der Waals surface area contributed by atoms with Crippen molar-refractivity contribution in [2.45, 2.75) is 25.9 Å². The lowest BCUT2D eigenvalue weighted by atomic mass is 10.1. The molecule has 0 unspecified atom stereocenters. The number of hydrogen-bond donors (Lipinski definition) is 0. The first-order valence-electron chi connectivity index (χ1n) is 3.58. The maximum atomic E-state index is 10.8. The van der Waals surface area contributed by atoms with E-state index in [0.717, 1.165) is 12.8 Å². The molecule has 58 valence electrons. The van der Waals surface area contributed by atoms with E-state index in [1.54, 1.807) is 0 Å². The smallest absolute Gasteiger partial charge is 0.170 e. The number of allylic oxidation sites excluding steroid dienone is 2. The predicted octanol–water partition coefficient (Wildman–Crippen LogP) is 1.27. The number of terminal acetylenes is 1. The van der Waals surface area contributed by atoms with Gasteiger partial charge < -0.3 is 4.74 Å². The molecule has 1 heterocycles. The van der Waals surface area contributed by atoms with Crippen LogP contribution in [0.5, 0.6) is 0 Å². The summed E-state index contributed by atoms with van der Waals surface area (Å²) >= 11 is 0. The number of ketones is 1. The van der Waals surface area contributed by atoms with Gasteiger partial charge in [-0.15, -0.1) is 6.42 Å². The highest BCUT2D eigenvalue weighted by Gasteiger charge is 2.18. The largest absolute Gasteiger partial charge is 0.475 e. The number of ether oxygens (including phenoxy) is 1. The van der Waals surface area contributed by atoms with Crippen LogP contribution in [-0.4, -0.2) is 11.9 Å². The minimum absolute atomic E-state index is 0.0471. The summed E-state index contributed by atoms with van der Waals surface area (Å²) in [5.41, 5.74) is 0. The van der Waals surface area contributed by atoms with Crippen molar-refractivity contribution in [3.05, 3.63) is 11.8 Å². The van der Waals surface area contributed by atoms with Gasteiger partial charge in [0.1, 0.15) is 0 Å². The number of Topliss-reactive ketones (excluding diaryl/α,β-unsaturated/α-hetero) is 1. The normalized spacial score (nSPS) is 22.9. The average Bonchev–Trinajstić information content (AvgIpc) is 2.05. The van der Waals surface area contributed by atoms with Gasteiger partial charge in [0, 0.05) is 0 Å². The van der Waals surface area contributed by atoms with Crippen LogP contribution in [0.25, 0.3) is 0 Å². The Hall–Kier alpha value is -1.23. The monoisotopic (exact) mass is 150 g/mol. The van der Waals surface area contributed by atoms with Crippen molar-refractivity contribution in [3.63, 3.8) is 0 Å². The second-order valence-electron chi connectivity index (χ2n) is 2.51. The summed E-state index contributed by atoms with van der Waals surface area (Å²) in [6.07, 6.45) is 8.22. The van der Waals surface area contributed by atoms with Crippen molar-refractivity contribution < 1.29 is 9.53 Å². The third-order valence-corrected chi connectivity index (χ3v) is 1.62. The van der Waals surface area contributed by atoms with E-state index in [2.05, 4.69) is 5.92 Å². The molecule has 11 heavy (non-hydrogen) atoms. The summed E-state index contributed by atoms with van der Waals surface area (Å²) in [6.45, 7) is 1.52. The van der Waals surface area contributed by atoms with Crippen LogP contribution in [0.15, 0.2) is 11.8 Å². The van der Waals surface area contributed by atoms with Gasteiger partial charge in [-0.3, -0.25) is 4.79 Å². The fourth-order valence-corrected chi connectivity index (χ4v) is 1.01. The molecule has 0 saturated heterocycles. The van der Waals surface area contributed by atoms with E-state index >= 15 is 0 Å². The summed E-state index contributed by atoms with van der Waals surface area (Å²) in [4.78, 5) is 10.8. The molecule has 0 bridgehead atoms. The Kier molecular flexibility index (Phi) is 2.32. The molecular formula is C9H10O2. The fraction of sp³-hybridized carbons (Fsp3) is 0.444. The average molecular weight is 150 g/mol. The predicted molar refractivity (Wildman–Crippen MR) is 41.7 cm³/mol. The minimum atomic E-state index is -0.314. The fourth-order valence-electron chi connectivity index (χ4n) is 1.01. The maximum absolute atomic E-state index is 10.8. The number of rotatable bonds is 1. The van der Waals surface area contributed by atoms with Crippen LogP contribution in [0.4, 0.5) is 0 Å². The lowest BCUT2D eigenvalue weighted by molar-refractivity contribution is -0.126. The summed E-state index contributed by atoms with van der Waals surface area (Å²) in [7, 11) is 0. The lowest BCUT2D eigenvalue weighted by Gasteiger charge is -2.19. The van der Waals surface area contributed by atoms with E-state index in [-0.39, 0.29) is 11.9 Å². The molecule has 0 amide bonds. The van der Waals surface area contributed by atoms with Gasteiger partial charge >= 0.3 is 0 Å². The Balaban J connectivity index is 2.62. The van der Waals surface area contributed by atoms with Crippen LogP contribution in [0.1, 0.15) is 19.8 Å². The van der Waals surface area contributed by atoms with E-state index in [0.29, 0.717) is 5.76 Å². The summed E-state index contributed by atoms with van der Waals surface area (Å²) in [5, 5.41) is 0. The molecule has 2 nitrogen and oxygen atoms in total. The van der Waals surface area contributed by atoms with Gasteiger partial charge in [0.15, 0.2) is 17.6 Å². The second-order valence-corrected chi connectivity index (χ2v) is 2.51. The van der Waals surface area contributed by atoms with Crippen LogP contribution in [0, 0.1) is 12.3 Å². The molecule has 2 heteroatoms. The van der Waals surface area contributed by atoms with Gasteiger partial charge in [-0.25, -0.2) is 0 Å². The first-order chi connectivity index (χ1) is 5.24. The number of carbonyl (C=O) groups excluding carboxylic acids is 1. The molecule has 0 aromatic carbocycles. The topological polar surface area (TPSA) is 26.3 Å². The van der Waals surface area contributed by atoms with Gasteiger partial charge in [0.2, 0.25) is 0 Å². The zero-order valence-electron chi connectivity index (χ0n) is 6.46. The van der Waals surface area contributed by atoms with Gasteiger partial charge in [-0.2, -0.15) is 0 Å². The van der Waals surface area contributed by atoms with Crippen molar-refractivity contribution in [2.24, 2.45) is 0 Å². The molecule has 0 saturated carbocycles. The molecule has 1 aliphatic heterocycles.